The molecule has 0 saturated carbocycles. The Morgan fingerprint density at radius 1 is 0.515 bits per heavy atom. The highest BCUT2D eigenvalue weighted by Gasteiger charge is 2.21. The number of guanidine groups is 2. The molecule has 0 aromatic heterocycles. The predicted octanol–water partition coefficient (Wildman–Crippen LogP) is 6.52. The number of benzene rings is 4. The van der Waals surface area contributed by atoms with Crippen LogP contribution in [-0.2, 0) is 0 Å². The van der Waals surface area contributed by atoms with Gasteiger partial charge in [0.15, 0.2) is 0 Å². The molecule has 164 valence electrons. The molecule has 0 unspecified atom stereocenters. The smallest absolute Gasteiger partial charge is 0.230 e. The molecule has 5 heteroatoms. The Bertz CT molecular complexity index is 1110. The van der Waals surface area contributed by atoms with Gasteiger partial charge in [-0.3, -0.25) is 15.2 Å². The molecule has 0 atom stereocenters. The van der Waals surface area contributed by atoms with Crippen molar-refractivity contribution >= 4 is 34.7 Å². The average molecular weight is 434 g/mol. The lowest BCUT2D eigenvalue weighted by Gasteiger charge is -2.31. The number of hydrogen-bond acceptors (Lipinski definition) is 1. The SMILES string of the molecule is CN(C)/C(=N\C(=N)N(c1ccccc1)c1ccccc1)N(c1ccccc1)c1ccccc1. The van der Waals surface area contributed by atoms with Crippen LogP contribution in [0.5, 0.6) is 0 Å². The molecule has 5 nitrogen and oxygen atoms in total. The summed E-state index contributed by atoms with van der Waals surface area (Å²) in [5.41, 5.74) is 3.69. The molecule has 0 spiro atoms. The number of aliphatic imine (C=N–C) groups is 1. The van der Waals surface area contributed by atoms with Gasteiger partial charge in [0, 0.05) is 36.8 Å². The quantitative estimate of drug-likeness (QED) is 0.295. The van der Waals surface area contributed by atoms with Crippen molar-refractivity contribution in [1.29, 1.82) is 5.41 Å². The van der Waals surface area contributed by atoms with Crippen LogP contribution < -0.4 is 9.80 Å². The Kier molecular flexibility index (Phi) is 6.81. The molecule has 33 heavy (non-hydrogen) atoms. The standard InChI is InChI=1S/C28H27N5/c1-31(2)28(33(25-19-11-5-12-20-25)26-21-13-6-14-22-26)30-27(29)32(23-15-7-3-8-16-23)24-17-9-4-10-18-24/h3-22,29H,1-2H3/b29-27?,30-28+. The van der Waals surface area contributed by atoms with Gasteiger partial charge < -0.3 is 4.90 Å². The third kappa shape index (κ3) is 5.10. The highest BCUT2D eigenvalue weighted by atomic mass is 15.4. The summed E-state index contributed by atoms with van der Waals surface area (Å²) in [6.45, 7) is 0. The number of hydrogen-bond donors (Lipinski definition) is 1. The fourth-order valence-electron chi connectivity index (χ4n) is 3.58. The molecular weight excluding hydrogens is 406 g/mol. The highest BCUT2D eigenvalue weighted by molar-refractivity contribution is 6.12. The molecule has 1 N–H and O–H groups in total. The van der Waals surface area contributed by atoms with E-state index >= 15 is 0 Å². The van der Waals surface area contributed by atoms with Gasteiger partial charge in [-0.05, 0) is 48.5 Å². The highest BCUT2D eigenvalue weighted by Crippen LogP contribution is 2.28. The molecule has 0 amide bonds. The normalized spacial score (nSPS) is 11.0. The molecule has 0 fully saturated rings. The van der Waals surface area contributed by atoms with E-state index in [0.29, 0.717) is 5.96 Å². The van der Waals surface area contributed by atoms with E-state index in [9.17, 15) is 0 Å². The monoisotopic (exact) mass is 433 g/mol. The number of nitrogens with one attached hydrogen (secondary N) is 1. The zero-order chi connectivity index (χ0) is 23.0. The lowest BCUT2D eigenvalue weighted by atomic mass is 10.2. The van der Waals surface area contributed by atoms with Crippen molar-refractivity contribution in [2.24, 2.45) is 4.99 Å². The Labute approximate surface area is 195 Å². The Morgan fingerprint density at radius 3 is 1.12 bits per heavy atom. The molecule has 0 saturated heterocycles. The molecule has 4 rings (SSSR count). The summed E-state index contributed by atoms with van der Waals surface area (Å²) >= 11 is 0. The van der Waals surface area contributed by atoms with Crippen molar-refractivity contribution in [3.05, 3.63) is 121 Å². The third-order valence-electron chi connectivity index (χ3n) is 5.08. The minimum Gasteiger partial charge on any atom is -0.348 e. The summed E-state index contributed by atoms with van der Waals surface area (Å²) in [5.74, 6) is 0.752. The molecule has 0 aliphatic rings. The number of para-hydroxylation sites is 4. The second-order valence-corrected chi connectivity index (χ2v) is 7.64. The van der Waals surface area contributed by atoms with E-state index in [1.165, 1.54) is 0 Å². The largest absolute Gasteiger partial charge is 0.348 e. The first-order valence-corrected chi connectivity index (χ1v) is 10.8. The van der Waals surface area contributed by atoms with Crippen molar-refractivity contribution in [1.82, 2.24) is 4.90 Å². The average Bonchev–Trinajstić information content (AvgIpc) is 2.86. The van der Waals surface area contributed by atoms with Crippen molar-refractivity contribution < 1.29 is 0 Å². The van der Waals surface area contributed by atoms with Gasteiger partial charge in [0.05, 0.1) is 0 Å². The summed E-state index contributed by atoms with van der Waals surface area (Å²) in [6, 6.07) is 39.9. The first kappa shape index (κ1) is 21.8. The van der Waals surface area contributed by atoms with Crippen LogP contribution in [0, 0.1) is 5.41 Å². The minimum absolute atomic E-state index is 0.118. The molecular formula is C28H27N5. The second kappa shape index (κ2) is 10.3. The van der Waals surface area contributed by atoms with Crippen molar-refractivity contribution in [3.63, 3.8) is 0 Å². The second-order valence-electron chi connectivity index (χ2n) is 7.64. The maximum atomic E-state index is 9.05. The van der Waals surface area contributed by atoms with E-state index in [1.807, 2.05) is 145 Å². The molecule has 4 aromatic carbocycles. The number of rotatable bonds is 4. The Hall–Kier alpha value is -4.38. The fourth-order valence-corrected chi connectivity index (χ4v) is 3.58. The summed E-state index contributed by atoms with van der Waals surface area (Å²) in [4.78, 5) is 10.7. The van der Waals surface area contributed by atoms with Gasteiger partial charge in [-0.1, -0.05) is 72.8 Å². The van der Waals surface area contributed by atoms with E-state index < -0.39 is 0 Å². The van der Waals surface area contributed by atoms with Gasteiger partial charge in [-0.15, -0.1) is 0 Å². The van der Waals surface area contributed by atoms with E-state index in [1.54, 1.807) is 0 Å². The zero-order valence-electron chi connectivity index (χ0n) is 18.8. The van der Waals surface area contributed by atoms with Gasteiger partial charge in [0.1, 0.15) is 0 Å². The van der Waals surface area contributed by atoms with Crippen LogP contribution in [-0.4, -0.2) is 30.9 Å². The van der Waals surface area contributed by atoms with Crippen LogP contribution in [0.1, 0.15) is 0 Å². The summed E-state index contributed by atoms with van der Waals surface area (Å²) in [6.07, 6.45) is 0. The Balaban J connectivity index is 1.83. The van der Waals surface area contributed by atoms with Gasteiger partial charge in [0.2, 0.25) is 11.9 Å². The molecule has 0 bridgehead atoms. The van der Waals surface area contributed by atoms with Gasteiger partial charge in [0.25, 0.3) is 0 Å². The van der Waals surface area contributed by atoms with Gasteiger partial charge >= 0.3 is 0 Å². The van der Waals surface area contributed by atoms with Crippen LogP contribution in [0.25, 0.3) is 0 Å². The van der Waals surface area contributed by atoms with E-state index in [-0.39, 0.29) is 5.96 Å². The van der Waals surface area contributed by atoms with E-state index in [2.05, 4.69) is 4.90 Å². The summed E-state index contributed by atoms with van der Waals surface area (Å²) in [5, 5.41) is 9.05. The fraction of sp³-hybridized carbons (Fsp3) is 0.0714. The summed E-state index contributed by atoms with van der Waals surface area (Å²) in [7, 11) is 3.89. The molecule has 0 radical (unpaired) electrons. The first-order chi connectivity index (χ1) is 16.1. The number of nitrogens with zero attached hydrogens (tertiary/aromatic N) is 4. The predicted molar refractivity (Wildman–Crippen MR) is 139 cm³/mol. The molecule has 0 aliphatic heterocycles. The van der Waals surface area contributed by atoms with Crippen molar-refractivity contribution in [2.75, 3.05) is 23.9 Å². The first-order valence-electron chi connectivity index (χ1n) is 10.8. The topological polar surface area (TPSA) is 45.9 Å². The van der Waals surface area contributed by atoms with Crippen LogP contribution in [0.4, 0.5) is 22.7 Å². The lowest BCUT2D eigenvalue weighted by Crippen LogP contribution is -2.39. The van der Waals surface area contributed by atoms with Crippen LogP contribution in [0.2, 0.25) is 0 Å². The van der Waals surface area contributed by atoms with Crippen molar-refractivity contribution in [2.45, 2.75) is 0 Å². The summed E-state index contributed by atoms with van der Waals surface area (Å²) < 4.78 is 0. The van der Waals surface area contributed by atoms with E-state index in [0.717, 1.165) is 22.7 Å². The Morgan fingerprint density at radius 2 is 0.818 bits per heavy atom. The van der Waals surface area contributed by atoms with Crippen LogP contribution >= 0.6 is 0 Å². The third-order valence-corrected chi connectivity index (χ3v) is 5.08. The van der Waals surface area contributed by atoms with Crippen LogP contribution in [0.3, 0.4) is 0 Å². The van der Waals surface area contributed by atoms with Gasteiger partial charge in [-0.25, -0.2) is 0 Å². The number of anilines is 4. The van der Waals surface area contributed by atoms with Crippen LogP contribution in [0.15, 0.2) is 126 Å². The molecule has 4 aromatic rings. The minimum atomic E-state index is 0.118. The lowest BCUT2D eigenvalue weighted by molar-refractivity contribution is 0.612. The van der Waals surface area contributed by atoms with Crippen molar-refractivity contribution in [3.8, 4) is 0 Å². The zero-order valence-corrected chi connectivity index (χ0v) is 18.8. The maximum absolute atomic E-state index is 9.05. The van der Waals surface area contributed by atoms with E-state index in [4.69, 9.17) is 10.4 Å². The molecule has 0 heterocycles. The maximum Gasteiger partial charge on any atom is 0.230 e. The molecule has 0 aliphatic carbocycles. The van der Waals surface area contributed by atoms with Gasteiger partial charge in [-0.2, -0.15) is 4.99 Å².